The predicted octanol–water partition coefficient (Wildman–Crippen LogP) is 4.00. The summed E-state index contributed by atoms with van der Waals surface area (Å²) >= 11 is 0. The van der Waals surface area contributed by atoms with Crippen LogP contribution in [0.2, 0.25) is 0 Å². The molecule has 3 aromatic rings. The summed E-state index contributed by atoms with van der Waals surface area (Å²) in [5, 5.41) is 15.2. The zero-order chi connectivity index (χ0) is 27.5. The third kappa shape index (κ3) is 5.52. The molecule has 1 aromatic heterocycles. The van der Waals surface area contributed by atoms with Crippen molar-refractivity contribution >= 4 is 28.9 Å². The van der Waals surface area contributed by atoms with Gasteiger partial charge in [-0.05, 0) is 37.5 Å². The number of nitrogens with one attached hydrogen (secondary N) is 1. The number of para-hydroxylation sites is 1. The molecule has 0 saturated carbocycles. The van der Waals surface area contributed by atoms with Gasteiger partial charge in [0.25, 0.3) is 11.6 Å². The molecule has 11 heteroatoms. The van der Waals surface area contributed by atoms with E-state index in [0.29, 0.717) is 67.3 Å². The molecule has 0 unspecified atom stereocenters. The van der Waals surface area contributed by atoms with Gasteiger partial charge in [0.2, 0.25) is 5.91 Å². The zero-order valence-electron chi connectivity index (χ0n) is 21.5. The minimum atomic E-state index is -0.492. The van der Waals surface area contributed by atoms with Crippen LogP contribution in [0, 0.1) is 22.9 Å². The fraction of sp³-hybridized carbons (Fsp3) is 0.321. The second-order valence-corrected chi connectivity index (χ2v) is 9.63. The lowest BCUT2D eigenvalue weighted by Crippen LogP contribution is -2.49. The number of non-ortho nitro benzene ring substituents is 1. The van der Waals surface area contributed by atoms with E-state index in [4.69, 9.17) is 4.42 Å². The summed E-state index contributed by atoms with van der Waals surface area (Å²) in [6.45, 7) is 3.74. The van der Waals surface area contributed by atoms with E-state index in [2.05, 4.69) is 10.5 Å². The maximum atomic E-state index is 14.2. The number of nitro groups is 1. The molecule has 10 nitrogen and oxygen atoms in total. The van der Waals surface area contributed by atoms with Crippen molar-refractivity contribution in [3.05, 3.63) is 92.7 Å². The van der Waals surface area contributed by atoms with E-state index < -0.39 is 4.92 Å². The molecule has 202 valence electrons. The van der Waals surface area contributed by atoms with Crippen LogP contribution in [0.15, 0.2) is 58.0 Å². The van der Waals surface area contributed by atoms with Gasteiger partial charge in [-0.1, -0.05) is 24.3 Å². The molecule has 2 heterocycles. The number of nitro benzene ring substituents is 1. The van der Waals surface area contributed by atoms with Gasteiger partial charge in [-0.3, -0.25) is 19.7 Å². The molecule has 0 bridgehead atoms. The number of aryl methyl sites for hydroxylation is 1. The normalized spacial score (nSPS) is 16.2. The quantitative estimate of drug-likeness (QED) is 0.378. The van der Waals surface area contributed by atoms with Gasteiger partial charge in [0.1, 0.15) is 11.6 Å². The number of hydrogen-bond acceptors (Lipinski definition) is 7. The highest BCUT2D eigenvalue weighted by Gasteiger charge is 2.32. The number of piperazine rings is 1. The van der Waals surface area contributed by atoms with Crippen molar-refractivity contribution in [3.8, 4) is 0 Å². The lowest BCUT2D eigenvalue weighted by atomic mass is 9.93. The second kappa shape index (κ2) is 11.1. The molecule has 2 aliphatic rings. The Morgan fingerprint density at radius 3 is 2.49 bits per heavy atom. The van der Waals surface area contributed by atoms with E-state index in [-0.39, 0.29) is 35.5 Å². The highest BCUT2D eigenvalue weighted by atomic mass is 19.1. The van der Waals surface area contributed by atoms with Gasteiger partial charge in [0, 0.05) is 55.9 Å². The summed E-state index contributed by atoms with van der Waals surface area (Å²) in [4.78, 5) is 39.8. The van der Waals surface area contributed by atoms with Crippen LogP contribution in [0.1, 0.15) is 45.8 Å². The average Bonchev–Trinajstić information content (AvgIpc) is 3.29. The van der Waals surface area contributed by atoms with Crippen LogP contribution >= 0.6 is 0 Å². The van der Waals surface area contributed by atoms with E-state index in [1.54, 1.807) is 23.1 Å². The largest absolute Gasteiger partial charge is 0.455 e. The first kappa shape index (κ1) is 26.1. The minimum absolute atomic E-state index is 0.0224. The molecule has 1 aliphatic carbocycles. The van der Waals surface area contributed by atoms with E-state index in [1.807, 2.05) is 11.8 Å². The first-order valence-electron chi connectivity index (χ1n) is 12.8. The molecule has 0 spiro atoms. The number of carbonyl (C=O) groups excluding carboxylic acids is 2. The molecule has 1 saturated heterocycles. The van der Waals surface area contributed by atoms with Crippen molar-refractivity contribution in [3.63, 3.8) is 0 Å². The molecule has 5 rings (SSSR count). The number of halogens is 1. The van der Waals surface area contributed by atoms with Crippen molar-refractivity contribution in [2.75, 3.05) is 31.1 Å². The van der Waals surface area contributed by atoms with Gasteiger partial charge in [-0.25, -0.2) is 9.82 Å². The smallest absolute Gasteiger partial charge is 0.289 e. The third-order valence-corrected chi connectivity index (χ3v) is 7.11. The summed E-state index contributed by atoms with van der Waals surface area (Å²) in [6, 6.07) is 12.4. The summed E-state index contributed by atoms with van der Waals surface area (Å²) in [5.41, 5.74) is 5.79. The Bertz CT molecular complexity index is 1440. The molecule has 0 radical (unpaired) electrons. The molecule has 39 heavy (non-hydrogen) atoms. The van der Waals surface area contributed by atoms with Crippen LogP contribution in [0.3, 0.4) is 0 Å². The molecular weight excluding hydrogens is 505 g/mol. The van der Waals surface area contributed by atoms with Gasteiger partial charge in [0.15, 0.2) is 5.76 Å². The Hall–Kier alpha value is -4.54. The van der Waals surface area contributed by atoms with Gasteiger partial charge < -0.3 is 14.2 Å². The topological polar surface area (TPSA) is 121 Å². The number of furan rings is 1. The van der Waals surface area contributed by atoms with Crippen molar-refractivity contribution in [2.24, 2.45) is 5.10 Å². The van der Waals surface area contributed by atoms with Crippen molar-refractivity contribution in [1.29, 1.82) is 0 Å². The van der Waals surface area contributed by atoms with E-state index >= 15 is 0 Å². The monoisotopic (exact) mass is 533 g/mol. The fourth-order valence-corrected chi connectivity index (χ4v) is 5.08. The van der Waals surface area contributed by atoms with Gasteiger partial charge in [-0.2, -0.15) is 5.10 Å². The second-order valence-electron chi connectivity index (χ2n) is 9.63. The molecular formula is C28H28FN5O5. The van der Waals surface area contributed by atoms with Crippen molar-refractivity contribution < 1.29 is 23.3 Å². The molecule has 1 N–H and O–H groups in total. The van der Waals surface area contributed by atoms with E-state index in [1.165, 1.54) is 30.3 Å². The molecule has 2 aromatic carbocycles. The van der Waals surface area contributed by atoms with Crippen LogP contribution < -0.4 is 10.3 Å². The molecule has 1 aliphatic heterocycles. The Labute approximate surface area is 224 Å². The summed E-state index contributed by atoms with van der Waals surface area (Å²) in [6.07, 6.45) is 2.08. The summed E-state index contributed by atoms with van der Waals surface area (Å²) < 4.78 is 20.2. The zero-order valence-corrected chi connectivity index (χ0v) is 21.5. The van der Waals surface area contributed by atoms with Crippen LogP contribution in [-0.2, 0) is 17.6 Å². The van der Waals surface area contributed by atoms with Crippen molar-refractivity contribution in [2.45, 2.75) is 32.6 Å². The molecule has 1 fully saturated rings. The Balaban J connectivity index is 1.25. The SMILES string of the molecule is Cc1c(C(=O)N2CCN(c3ccccc3F)CC2)oc2c1/C(=N/NC(=O)Cc1ccc([N+](=O)[O-])cc1)CCC2. The Morgan fingerprint density at radius 1 is 1.08 bits per heavy atom. The van der Waals surface area contributed by atoms with Crippen LogP contribution in [-0.4, -0.2) is 53.5 Å². The van der Waals surface area contributed by atoms with Crippen LogP contribution in [0.25, 0.3) is 0 Å². The first-order valence-corrected chi connectivity index (χ1v) is 12.8. The summed E-state index contributed by atoms with van der Waals surface area (Å²) in [5.74, 6) is 0.102. The average molecular weight is 534 g/mol. The van der Waals surface area contributed by atoms with Gasteiger partial charge in [0.05, 0.1) is 22.7 Å². The molecule has 0 atom stereocenters. The number of benzene rings is 2. The predicted molar refractivity (Wildman–Crippen MR) is 142 cm³/mol. The Morgan fingerprint density at radius 2 is 1.79 bits per heavy atom. The third-order valence-electron chi connectivity index (χ3n) is 7.11. The van der Waals surface area contributed by atoms with Crippen molar-refractivity contribution in [1.82, 2.24) is 10.3 Å². The lowest BCUT2D eigenvalue weighted by Gasteiger charge is -2.35. The summed E-state index contributed by atoms with van der Waals surface area (Å²) in [7, 11) is 0. The van der Waals surface area contributed by atoms with E-state index in [0.717, 1.165) is 12.0 Å². The number of hydrazone groups is 1. The first-order chi connectivity index (χ1) is 18.8. The van der Waals surface area contributed by atoms with Crippen LogP contribution in [0.4, 0.5) is 15.8 Å². The number of carbonyl (C=O) groups is 2. The number of nitrogens with zero attached hydrogens (tertiary/aromatic N) is 4. The number of amides is 2. The number of anilines is 1. The van der Waals surface area contributed by atoms with E-state index in [9.17, 15) is 24.1 Å². The number of fused-ring (bicyclic) bond motifs is 1. The standard InChI is InChI=1S/C28H28FN5O5/c1-18-26-22(30-31-25(35)17-19-9-11-20(12-10-19)34(37)38)6-4-8-24(26)39-27(18)28(36)33-15-13-32(14-16-33)23-7-3-2-5-21(23)29/h2-3,5,7,9-12H,4,6,8,13-17H2,1H3,(H,31,35)/b30-22+. The fourth-order valence-electron chi connectivity index (χ4n) is 5.08. The van der Waals surface area contributed by atoms with Gasteiger partial charge in [-0.15, -0.1) is 0 Å². The lowest BCUT2D eigenvalue weighted by molar-refractivity contribution is -0.384. The molecule has 2 amide bonds. The highest BCUT2D eigenvalue weighted by Crippen LogP contribution is 2.31. The maximum absolute atomic E-state index is 14.2. The van der Waals surface area contributed by atoms with Gasteiger partial charge >= 0.3 is 0 Å². The number of hydrogen-bond donors (Lipinski definition) is 1. The maximum Gasteiger partial charge on any atom is 0.289 e. The number of rotatable bonds is 6. The Kier molecular flexibility index (Phi) is 7.40. The van der Waals surface area contributed by atoms with Crippen LogP contribution in [0.5, 0.6) is 0 Å². The minimum Gasteiger partial charge on any atom is -0.455 e. The highest BCUT2D eigenvalue weighted by molar-refractivity contribution is 6.06.